The van der Waals surface area contributed by atoms with E-state index in [4.69, 9.17) is 4.74 Å². The Morgan fingerprint density at radius 2 is 1.96 bits per heavy atom. The van der Waals surface area contributed by atoms with E-state index >= 15 is 0 Å². The average Bonchev–Trinajstić information content (AvgIpc) is 2.81. The molecule has 6 nitrogen and oxygen atoms in total. The van der Waals surface area contributed by atoms with E-state index in [2.05, 4.69) is 11.9 Å². The molecule has 6 heteroatoms. The molecule has 2 heterocycles. The van der Waals surface area contributed by atoms with Gasteiger partial charge in [-0.2, -0.15) is 0 Å². The molecule has 0 saturated carbocycles. The van der Waals surface area contributed by atoms with Crippen molar-refractivity contribution >= 4 is 17.7 Å². The molecule has 1 N–H and O–H groups in total. The maximum Gasteiger partial charge on any atom is 0.355 e. The fourth-order valence-electron chi connectivity index (χ4n) is 3.40. The predicted octanol–water partition coefficient (Wildman–Crippen LogP) is 2.64. The summed E-state index contributed by atoms with van der Waals surface area (Å²) in [5.74, 6) is -0.402. The number of nitrogens with zero attached hydrogens (tertiary/aromatic N) is 1. The lowest BCUT2D eigenvalue weighted by atomic mass is 10.00. The lowest BCUT2D eigenvalue weighted by Crippen LogP contribution is -2.44. The smallest absolute Gasteiger partial charge is 0.355 e. The van der Waals surface area contributed by atoms with Crippen molar-refractivity contribution in [1.29, 1.82) is 0 Å². The summed E-state index contributed by atoms with van der Waals surface area (Å²) in [5, 5.41) is 0. The minimum absolute atomic E-state index is 0.105. The molecule has 0 bridgehead atoms. The molecule has 132 valence electrons. The van der Waals surface area contributed by atoms with E-state index in [0.29, 0.717) is 35.8 Å². The van der Waals surface area contributed by atoms with Gasteiger partial charge in [0.2, 0.25) is 0 Å². The second kappa shape index (κ2) is 7.20. The number of amides is 1. The summed E-state index contributed by atoms with van der Waals surface area (Å²) < 4.78 is 5.34. The van der Waals surface area contributed by atoms with Crippen molar-refractivity contribution in [1.82, 2.24) is 9.88 Å². The summed E-state index contributed by atoms with van der Waals surface area (Å²) in [6.45, 7) is 10.0. The van der Waals surface area contributed by atoms with Crippen LogP contribution in [0.5, 0.6) is 0 Å². The molecule has 1 aliphatic heterocycles. The molecule has 0 spiro atoms. The number of esters is 1. The highest BCUT2D eigenvalue weighted by Crippen LogP contribution is 2.21. The maximum atomic E-state index is 12.5. The first-order valence-corrected chi connectivity index (χ1v) is 8.42. The number of aryl methyl sites for hydroxylation is 1. The largest absolute Gasteiger partial charge is 0.448 e. The highest BCUT2D eigenvalue weighted by atomic mass is 16.5. The lowest BCUT2D eigenvalue weighted by Gasteiger charge is -2.32. The van der Waals surface area contributed by atoms with Crippen LogP contribution >= 0.6 is 0 Å². The standard InChI is InChI=1S/C18H26N2O4/c1-10-7-6-8-20(9-10)17(22)14(5)24-18(23)16-11(2)15(13(4)21)12(3)19-16/h10,14,19H,6-9H2,1-5H3. The zero-order valence-electron chi connectivity index (χ0n) is 15.1. The summed E-state index contributed by atoms with van der Waals surface area (Å²) in [4.78, 5) is 41.2. The number of ketones is 1. The van der Waals surface area contributed by atoms with E-state index in [1.54, 1.807) is 25.7 Å². The summed E-state index contributed by atoms with van der Waals surface area (Å²) in [6, 6.07) is 0. The van der Waals surface area contributed by atoms with Gasteiger partial charge in [-0.1, -0.05) is 6.92 Å². The summed E-state index contributed by atoms with van der Waals surface area (Å²) in [7, 11) is 0. The number of likely N-dealkylation sites (tertiary alicyclic amines) is 1. The normalized spacial score (nSPS) is 19.0. The number of H-pyrrole nitrogens is 1. The van der Waals surface area contributed by atoms with Gasteiger partial charge >= 0.3 is 5.97 Å². The lowest BCUT2D eigenvalue weighted by molar-refractivity contribution is -0.141. The summed E-state index contributed by atoms with van der Waals surface area (Å²) in [5.41, 5.74) is 1.95. The van der Waals surface area contributed by atoms with E-state index in [1.807, 2.05) is 0 Å². The molecule has 1 saturated heterocycles. The van der Waals surface area contributed by atoms with Gasteiger partial charge in [-0.05, 0) is 52.0 Å². The Balaban J connectivity index is 2.08. The molecule has 2 rings (SSSR count). The van der Waals surface area contributed by atoms with Crippen molar-refractivity contribution in [3.8, 4) is 0 Å². The van der Waals surface area contributed by atoms with Crippen LogP contribution < -0.4 is 0 Å². The van der Waals surface area contributed by atoms with Gasteiger partial charge < -0.3 is 14.6 Å². The molecular formula is C18H26N2O4. The van der Waals surface area contributed by atoms with E-state index < -0.39 is 12.1 Å². The van der Waals surface area contributed by atoms with Crippen LogP contribution in [0.4, 0.5) is 0 Å². The Morgan fingerprint density at radius 3 is 2.50 bits per heavy atom. The van der Waals surface area contributed by atoms with Crippen LogP contribution in [-0.4, -0.2) is 46.7 Å². The van der Waals surface area contributed by atoms with Gasteiger partial charge in [0.05, 0.1) is 0 Å². The van der Waals surface area contributed by atoms with Crippen LogP contribution in [0.3, 0.4) is 0 Å². The monoisotopic (exact) mass is 334 g/mol. The number of carbonyl (C=O) groups excluding carboxylic acids is 3. The molecule has 1 amide bonds. The Morgan fingerprint density at radius 1 is 1.29 bits per heavy atom. The average molecular weight is 334 g/mol. The molecule has 2 atom stereocenters. The number of Topliss-reactive ketones (excluding diaryl/α,β-unsaturated/α-hetero) is 1. The zero-order chi connectivity index (χ0) is 18.0. The number of hydrogen-bond donors (Lipinski definition) is 1. The molecule has 0 aromatic carbocycles. The molecule has 0 radical (unpaired) electrons. The number of ether oxygens (including phenoxy) is 1. The third-order valence-electron chi connectivity index (χ3n) is 4.59. The second-order valence-electron chi connectivity index (χ2n) is 6.76. The number of aromatic nitrogens is 1. The number of rotatable bonds is 4. The van der Waals surface area contributed by atoms with Crippen molar-refractivity contribution in [2.45, 2.75) is 53.6 Å². The predicted molar refractivity (Wildman–Crippen MR) is 90.1 cm³/mol. The van der Waals surface area contributed by atoms with Gasteiger partial charge in [-0.25, -0.2) is 4.79 Å². The topological polar surface area (TPSA) is 79.5 Å². The minimum atomic E-state index is -0.841. The van der Waals surface area contributed by atoms with Crippen LogP contribution in [-0.2, 0) is 9.53 Å². The molecule has 1 aromatic heterocycles. The van der Waals surface area contributed by atoms with Crippen molar-refractivity contribution in [2.75, 3.05) is 13.1 Å². The summed E-state index contributed by atoms with van der Waals surface area (Å²) >= 11 is 0. The van der Waals surface area contributed by atoms with Gasteiger partial charge in [0.15, 0.2) is 11.9 Å². The third-order valence-corrected chi connectivity index (χ3v) is 4.59. The summed E-state index contributed by atoms with van der Waals surface area (Å²) in [6.07, 6.45) is 1.25. The fraction of sp³-hybridized carbons (Fsp3) is 0.611. The van der Waals surface area contributed by atoms with Crippen LogP contribution in [0.25, 0.3) is 0 Å². The number of nitrogens with one attached hydrogen (secondary N) is 1. The molecule has 1 aliphatic rings. The number of hydrogen-bond acceptors (Lipinski definition) is 4. The van der Waals surface area contributed by atoms with Crippen LogP contribution in [0, 0.1) is 19.8 Å². The van der Waals surface area contributed by atoms with Crippen molar-refractivity contribution in [3.63, 3.8) is 0 Å². The minimum Gasteiger partial charge on any atom is -0.448 e. The van der Waals surface area contributed by atoms with E-state index in [0.717, 1.165) is 12.8 Å². The van der Waals surface area contributed by atoms with Gasteiger partial charge in [0, 0.05) is 24.3 Å². The zero-order valence-corrected chi connectivity index (χ0v) is 15.1. The van der Waals surface area contributed by atoms with Crippen LogP contribution in [0.15, 0.2) is 0 Å². The Hall–Kier alpha value is -2.11. The SMILES string of the molecule is CC(=O)c1c(C)[nH]c(C(=O)OC(C)C(=O)N2CCCC(C)C2)c1C. The van der Waals surface area contributed by atoms with Gasteiger partial charge in [0.1, 0.15) is 5.69 Å². The molecule has 24 heavy (non-hydrogen) atoms. The highest BCUT2D eigenvalue weighted by Gasteiger charge is 2.29. The Labute approximate surface area is 142 Å². The molecule has 0 aliphatic carbocycles. The van der Waals surface area contributed by atoms with Crippen molar-refractivity contribution in [2.24, 2.45) is 5.92 Å². The van der Waals surface area contributed by atoms with Crippen molar-refractivity contribution < 1.29 is 19.1 Å². The van der Waals surface area contributed by atoms with Gasteiger partial charge in [-0.3, -0.25) is 9.59 Å². The molecule has 2 unspecified atom stereocenters. The van der Waals surface area contributed by atoms with E-state index in [1.165, 1.54) is 6.92 Å². The second-order valence-corrected chi connectivity index (χ2v) is 6.76. The van der Waals surface area contributed by atoms with Crippen molar-refractivity contribution in [3.05, 3.63) is 22.5 Å². The number of aromatic amines is 1. The quantitative estimate of drug-likeness (QED) is 0.678. The highest BCUT2D eigenvalue weighted by molar-refractivity contribution is 6.01. The Bertz CT molecular complexity index is 662. The van der Waals surface area contributed by atoms with Crippen LogP contribution in [0.2, 0.25) is 0 Å². The maximum absolute atomic E-state index is 12.5. The first-order valence-electron chi connectivity index (χ1n) is 8.42. The van der Waals surface area contributed by atoms with Gasteiger partial charge in [0.25, 0.3) is 5.91 Å². The van der Waals surface area contributed by atoms with E-state index in [9.17, 15) is 14.4 Å². The molecular weight excluding hydrogens is 308 g/mol. The van der Waals surface area contributed by atoms with Crippen LogP contribution in [0.1, 0.15) is 65.7 Å². The number of piperidine rings is 1. The Kier molecular flexibility index (Phi) is 5.47. The van der Waals surface area contributed by atoms with Gasteiger partial charge in [-0.15, -0.1) is 0 Å². The third kappa shape index (κ3) is 3.68. The molecule has 1 fully saturated rings. The fourth-order valence-corrected chi connectivity index (χ4v) is 3.40. The first-order chi connectivity index (χ1) is 11.2. The first kappa shape index (κ1) is 18.2. The molecule has 1 aromatic rings. The number of carbonyl (C=O) groups is 3. The van der Waals surface area contributed by atoms with E-state index in [-0.39, 0.29) is 17.4 Å².